The minimum Gasteiger partial charge on any atom is -0.392 e. The monoisotopic (exact) mass is 278 g/mol. The number of fused-ring (bicyclic) bond motifs is 1. The van der Waals surface area contributed by atoms with E-state index in [9.17, 15) is 9.90 Å². The van der Waals surface area contributed by atoms with Gasteiger partial charge in [-0.3, -0.25) is 4.79 Å². The van der Waals surface area contributed by atoms with Gasteiger partial charge in [0.1, 0.15) is 0 Å². The van der Waals surface area contributed by atoms with E-state index in [1.165, 1.54) is 0 Å². The van der Waals surface area contributed by atoms with Crippen molar-refractivity contribution in [1.82, 2.24) is 10.1 Å². The fourth-order valence-corrected chi connectivity index (χ4v) is 3.22. The molecule has 5 heteroatoms. The molecule has 1 saturated heterocycles. The lowest BCUT2D eigenvalue weighted by atomic mass is 9.81. The number of carbonyl (C=O) groups is 1. The number of nitrogens with zero attached hydrogens (tertiary/aromatic N) is 2. The standard InChI is InChI=1S/C15H22N2O3/c1-15(2)9-17(8-7-12(15)18)14(19)13-10-5-3-4-6-11(10)16-20-13/h12,18H,3-9H2,1-2H3. The first-order chi connectivity index (χ1) is 9.49. The molecule has 1 aliphatic carbocycles. The van der Waals surface area contributed by atoms with Crippen LogP contribution < -0.4 is 0 Å². The van der Waals surface area contributed by atoms with Gasteiger partial charge in [-0.25, -0.2) is 0 Å². The molecular weight excluding hydrogens is 256 g/mol. The topological polar surface area (TPSA) is 66.6 Å². The first kappa shape index (κ1) is 13.6. The van der Waals surface area contributed by atoms with Crippen molar-refractivity contribution in [2.45, 2.75) is 52.1 Å². The Morgan fingerprint density at radius 2 is 2.15 bits per heavy atom. The third kappa shape index (κ3) is 2.24. The van der Waals surface area contributed by atoms with E-state index in [1.807, 2.05) is 13.8 Å². The van der Waals surface area contributed by atoms with Crippen LogP contribution in [0.4, 0.5) is 0 Å². The average Bonchev–Trinajstić information content (AvgIpc) is 2.85. The molecule has 1 atom stereocenters. The van der Waals surface area contributed by atoms with E-state index in [1.54, 1.807) is 4.90 Å². The highest BCUT2D eigenvalue weighted by Gasteiger charge is 2.38. The van der Waals surface area contributed by atoms with Crippen LogP contribution in [-0.4, -0.2) is 40.3 Å². The summed E-state index contributed by atoms with van der Waals surface area (Å²) in [5.41, 5.74) is 1.69. The lowest BCUT2D eigenvalue weighted by molar-refractivity contribution is -0.0193. The third-order valence-electron chi connectivity index (χ3n) is 4.61. The van der Waals surface area contributed by atoms with Gasteiger partial charge in [0.2, 0.25) is 5.76 Å². The lowest BCUT2D eigenvalue weighted by Crippen LogP contribution is -2.50. The molecule has 1 N–H and O–H groups in total. The highest BCUT2D eigenvalue weighted by molar-refractivity contribution is 5.93. The summed E-state index contributed by atoms with van der Waals surface area (Å²) in [6.45, 7) is 5.13. The van der Waals surface area contributed by atoms with Crippen LogP contribution in [0.1, 0.15) is 54.9 Å². The van der Waals surface area contributed by atoms with Crippen molar-refractivity contribution >= 4 is 5.91 Å². The predicted octanol–water partition coefficient (Wildman–Crippen LogP) is 1.79. The molecule has 5 nitrogen and oxygen atoms in total. The number of carbonyl (C=O) groups excluding carboxylic acids is 1. The molecule has 1 amide bonds. The Bertz CT molecular complexity index is 521. The Labute approximate surface area is 118 Å². The molecule has 110 valence electrons. The van der Waals surface area contributed by atoms with Crippen LogP contribution in [0.5, 0.6) is 0 Å². The van der Waals surface area contributed by atoms with Gasteiger partial charge in [0.05, 0.1) is 11.8 Å². The van der Waals surface area contributed by atoms with Gasteiger partial charge in [-0.1, -0.05) is 19.0 Å². The second kappa shape index (κ2) is 4.88. The summed E-state index contributed by atoms with van der Waals surface area (Å²) in [5, 5.41) is 14.0. The molecule has 1 fully saturated rings. The third-order valence-corrected chi connectivity index (χ3v) is 4.61. The fraction of sp³-hybridized carbons (Fsp3) is 0.733. The Morgan fingerprint density at radius 1 is 1.40 bits per heavy atom. The number of amides is 1. The van der Waals surface area contributed by atoms with Crippen molar-refractivity contribution in [3.63, 3.8) is 0 Å². The molecule has 0 bridgehead atoms. The number of aromatic nitrogens is 1. The molecule has 1 aromatic rings. The maximum Gasteiger partial charge on any atom is 0.292 e. The number of aliphatic hydroxyl groups excluding tert-OH is 1. The van der Waals surface area contributed by atoms with Crippen molar-refractivity contribution in [3.8, 4) is 0 Å². The van der Waals surface area contributed by atoms with Crippen molar-refractivity contribution in [1.29, 1.82) is 0 Å². The summed E-state index contributed by atoms with van der Waals surface area (Å²) < 4.78 is 5.32. The lowest BCUT2D eigenvalue weighted by Gasteiger charge is -2.41. The highest BCUT2D eigenvalue weighted by atomic mass is 16.5. The molecular formula is C15H22N2O3. The van der Waals surface area contributed by atoms with Crippen LogP contribution in [0.3, 0.4) is 0 Å². The van der Waals surface area contributed by atoms with Gasteiger partial charge in [-0.15, -0.1) is 0 Å². The van der Waals surface area contributed by atoms with Crippen LogP contribution >= 0.6 is 0 Å². The number of hydrogen-bond donors (Lipinski definition) is 1. The highest BCUT2D eigenvalue weighted by Crippen LogP contribution is 2.31. The summed E-state index contributed by atoms with van der Waals surface area (Å²) in [6.07, 6.45) is 4.29. The second-order valence-corrected chi connectivity index (χ2v) is 6.66. The summed E-state index contributed by atoms with van der Waals surface area (Å²) in [4.78, 5) is 14.4. The Balaban J connectivity index is 1.81. The molecule has 2 heterocycles. The van der Waals surface area contributed by atoms with Gasteiger partial charge in [-0.05, 0) is 32.1 Å². The second-order valence-electron chi connectivity index (χ2n) is 6.66. The Kier molecular flexibility index (Phi) is 3.32. The fourth-order valence-electron chi connectivity index (χ4n) is 3.22. The van der Waals surface area contributed by atoms with E-state index >= 15 is 0 Å². The number of piperidine rings is 1. The molecule has 1 aliphatic heterocycles. The Morgan fingerprint density at radius 3 is 2.90 bits per heavy atom. The van der Waals surface area contributed by atoms with E-state index in [2.05, 4.69) is 5.16 Å². The van der Waals surface area contributed by atoms with Gasteiger partial charge in [0.15, 0.2) is 0 Å². The first-order valence-electron chi connectivity index (χ1n) is 7.44. The predicted molar refractivity (Wildman–Crippen MR) is 73.5 cm³/mol. The normalized spacial score (nSPS) is 25.4. The van der Waals surface area contributed by atoms with Crippen molar-refractivity contribution in [2.24, 2.45) is 5.41 Å². The average molecular weight is 278 g/mol. The largest absolute Gasteiger partial charge is 0.392 e. The number of aliphatic hydroxyl groups is 1. The zero-order valence-corrected chi connectivity index (χ0v) is 12.2. The van der Waals surface area contributed by atoms with Crippen molar-refractivity contribution in [3.05, 3.63) is 17.0 Å². The number of aryl methyl sites for hydroxylation is 1. The van der Waals surface area contributed by atoms with E-state index in [4.69, 9.17) is 4.52 Å². The van der Waals surface area contributed by atoms with Crippen LogP contribution in [0.15, 0.2) is 4.52 Å². The number of hydrogen-bond acceptors (Lipinski definition) is 4. The summed E-state index contributed by atoms with van der Waals surface area (Å²) in [7, 11) is 0. The zero-order valence-electron chi connectivity index (χ0n) is 12.2. The van der Waals surface area contributed by atoms with Gasteiger partial charge < -0.3 is 14.5 Å². The summed E-state index contributed by atoms with van der Waals surface area (Å²) in [5.74, 6) is 0.354. The summed E-state index contributed by atoms with van der Waals surface area (Å²) in [6, 6.07) is 0. The van der Waals surface area contributed by atoms with Crippen molar-refractivity contribution in [2.75, 3.05) is 13.1 Å². The molecule has 0 radical (unpaired) electrons. The van der Waals surface area contributed by atoms with Gasteiger partial charge in [-0.2, -0.15) is 0 Å². The van der Waals surface area contributed by atoms with Crippen LogP contribution in [0.2, 0.25) is 0 Å². The molecule has 1 unspecified atom stereocenters. The van der Waals surface area contributed by atoms with Crippen LogP contribution in [0.25, 0.3) is 0 Å². The molecule has 1 aromatic heterocycles. The van der Waals surface area contributed by atoms with Gasteiger partial charge in [0.25, 0.3) is 5.91 Å². The summed E-state index contributed by atoms with van der Waals surface area (Å²) >= 11 is 0. The van der Waals surface area contributed by atoms with E-state index in [-0.39, 0.29) is 17.4 Å². The van der Waals surface area contributed by atoms with Crippen molar-refractivity contribution < 1.29 is 14.4 Å². The smallest absolute Gasteiger partial charge is 0.292 e. The molecule has 3 rings (SSSR count). The molecule has 0 spiro atoms. The maximum atomic E-state index is 12.6. The minimum atomic E-state index is -0.352. The SMILES string of the molecule is CC1(C)CN(C(=O)c2onc3c2CCCC3)CCC1O. The molecule has 2 aliphatic rings. The zero-order chi connectivity index (χ0) is 14.3. The van der Waals surface area contributed by atoms with Crippen LogP contribution in [0, 0.1) is 5.41 Å². The number of likely N-dealkylation sites (tertiary alicyclic amines) is 1. The van der Waals surface area contributed by atoms with E-state index in [0.717, 1.165) is 36.9 Å². The number of rotatable bonds is 1. The van der Waals surface area contributed by atoms with Gasteiger partial charge >= 0.3 is 0 Å². The van der Waals surface area contributed by atoms with E-state index < -0.39 is 0 Å². The molecule has 0 aromatic carbocycles. The Hall–Kier alpha value is -1.36. The van der Waals surface area contributed by atoms with Gasteiger partial charge in [0, 0.05) is 24.1 Å². The first-order valence-corrected chi connectivity index (χ1v) is 7.44. The quantitative estimate of drug-likeness (QED) is 0.850. The molecule has 0 saturated carbocycles. The van der Waals surface area contributed by atoms with Crippen LogP contribution in [-0.2, 0) is 12.8 Å². The maximum absolute atomic E-state index is 12.6. The molecule has 20 heavy (non-hydrogen) atoms. The van der Waals surface area contributed by atoms with E-state index in [0.29, 0.717) is 25.3 Å². The minimum absolute atomic E-state index is 0.0689.